The summed E-state index contributed by atoms with van der Waals surface area (Å²) < 4.78 is 1.66. The van der Waals surface area contributed by atoms with E-state index in [-0.39, 0.29) is 19.0 Å². The number of carbonyl (C=O) groups is 1. The summed E-state index contributed by atoms with van der Waals surface area (Å²) in [6.07, 6.45) is 0.991. The minimum absolute atomic E-state index is 0.123. The molecule has 0 aliphatic rings. The van der Waals surface area contributed by atoms with E-state index in [0.29, 0.717) is 0 Å². The van der Waals surface area contributed by atoms with Crippen molar-refractivity contribution < 1.29 is 9.90 Å². The number of aliphatic hydroxyl groups excluding tert-OH is 1. The monoisotopic (exact) mass is 345 g/mol. The van der Waals surface area contributed by atoms with Crippen molar-refractivity contribution in [3.05, 3.63) is 78.5 Å². The Bertz CT molecular complexity index is 1070. The molecule has 5 heteroatoms. The third-order valence-corrected chi connectivity index (χ3v) is 4.50. The summed E-state index contributed by atoms with van der Waals surface area (Å²) in [5.74, 6) is -0.182. The van der Waals surface area contributed by atoms with E-state index >= 15 is 0 Å². The Morgan fingerprint density at radius 1 is 1.00 bits per heavy atom. The molecule has 0 radical (unpaired) electrons. The fourth-order valence-corrected chi connectivity index (χ4v) is 3.09. The number of nitrogens with zero attached hydrogens (tertiary/aromatic N) is 2. The van der Waals surface area contributed by atoms with Crippen LogP contribution in [0.2, 0.25) is 0 Å². The fourth-order valence-electron chi connectivity index (χ4n) is 3.09. The van der Waals surface area contributed by atoms with Crippen molar-refractivity contribution in [1.82, 2.24) is 15.1 Å². The molecule has 5 nitrogen and oxygen atoms in total. The molecule has 2 N–H and O–H groups in total. The first-order valence-corrected chi connectivity index (χ1v) is 8.55. The molecular weight excluding hydrogens is 326 g/mol. The van der Waals surface area contributed by atoms with Crippen LogP contribution in [-0.4, -0.2) is 27.3 Å². The van der Waals surface area contributed by atoms with Crippen LogP contribution >= 0.6 is 0 Å². The minimum atomic E-state index is -0.752. The van der Waals surface area contributed by atoms with Gasteiger partial charge in [-0.2, -0.15) is 5.10 Å². The zero-order valence-electron chi connectivity index (χ0n) is 14.2. The number of para-hydroxylation sites is 1. The van der Waals surface area contributed by atoms with Gasteiger partial charge in [-0.15, -0.1) is 0 Å². The van der Waals surface area contributed by atoms with E-state index in [1.165, 1.54) is 0 Å². The summed E-state index contributed by atoms with van der Waals surface area (Å²) in [5, 5.41) is 20.6. The molecule has 0 fully saturated rings. The van der Waals surface area contributed by atoms with Gasteiger partial charge in [-0.1, -0.05) is 54.6 Å². The Labute approximate surface area is 150 Å². The molecule has 0 aliphatic carbocycles. The second-order valence-corrected chi connectivity index (χ2v) is 6.29. The van der Waals surface area contributed by atoms with Crippen molar-refractivity contribution in [2.75, 3.05) is 6.54 Å². The Morgan fingerprint density at radius 3 is 2.58 bits per heavy atom. The van der Waals surface area contributed by atoms with Gasteiger partial charge in [0.2, 0.25) is 5.91 Å². The van der Waals surface area contributed by atoms with Crippen LogP contribution in [0.25, 0.3) is 21.7 Å². The highest BCUT2D eigenvalue weighted by molar-refractivity contribution is 5.83. The van der Waals surface area contributed by atoms with Crippen LogP contribution in [0.1, 0.15) is 11.7 Å². The molecule has 1 aromatic heterocycles. The van der Waals surface area contributed by atoms with Gasteiger partial charge in [0.15, 0.2) is 0 Å². The molecule has 0 aliphatic heterocycles. The number of hydrogen-bond acceptors (Lipinski definition) is 3. The molecule has 0 spiro atoms. The number of benzene rings is 3. The Kier molecular flexibility index (Phi) is 4.37. The first-order valence-electron chi connectivity index (χ1n) is 8.55. The fraction of sp³-hybridized carbons (Fsp3) is 0.143. The number of hydrogen-bond donors (Lipinski definition) is 2. The van der Waals surface area contributed by atoms with Gasteiger partial charge < -0.3 is 10.4 Å². The largest absolute Gasteiger partial charge is 0.387 e. The van der Waals surface area contributed by atoms with Gasteiger partial charge in [-0.3, -0.25) is 9.48 Å². The van der Waals surface area contributed by atoms with Crippen LogP contribution in [0.5, 0.6) is 0 Å². The number of nitrogens with one attached hydrogen (secondary N) is 1. The van der Waals surface area contributed by atoms with Crippen molar-refractivity contribution in [2.45, 2.75) is 12.6 Å². The molecule has 4 rings (SSSR count). The number of fused-ring (bicyclic) bond motifs is 2. The van der Waals surface area contributed by atoms with Gasteiger partial charge >= 0.3 is 0 Å². The smallest absolute Gasteiger partial charge is 0.241 e. The average molecular weight is 345 g/mol. The third-order valence-electron chi connectivity index (χ3n) is 4.50. The number of amides is 1. The van der Waals surface area contributed by atoms with E-state index in [2.05, 4.69) is 10.4 Å². The van der Waals surface area contributed by atoms with Gasteiger partial charge in [0.05, 0.1) is 17.8 Å². The average Bonchev–Trinajstić information content (AvgIpc) is 3.08. The number of carbonyl (C=O) groups excluding carboxylic acids is 1. The van der Waals surface area contributed by atoms with Crippen LogP contribution < -0.4 is 5.32 Å². The quantitative estimate of drug-likeness (QED) is 0.584. The van der Waals surface area contributed by atoms with Gasteiger partial charge in [0, 0.05) is 11.9 Å². The SMILES string of the molecule is O=C(Cn1ncc2ccccc21)NCC(O)c1ccc2ccccc2c1. The topological polar surface area (TPSA) is 67.2 Å². The lowest BCUT2D eigenvalue weighted by atomic mass is 10.0. The predicted octanol–water partition coefficient (Wildman–Crippen LogP) is 3.04. The van der Waals surface area contributed by atoms with Gasteiger partial charge in [-0.05, 0) is 28.5 Å². The summed E-state index contributed by atoms with van der Waals surface area (Å²) >= 11 is 0. The Morgan fingerprint density at radius 2 is 1.73 bits per heavy atom. The Hall–Kier alpha value is -3.18. The van der Waals surface area contributed by atoms with Gasteiger partial charge in [0.1, 0.15) is 6.54 Å². The lowest BCUT2D eigenvalue weighted by molar-refractivity contribution is -0.122. The zero-order chi connectivity index (χ0) is 17.9. The maximum atomic E-state index is 12.2. The first kappa shape index (κ1) is 16.3. The van der Waals surface area contributed by atoms with E-state index in [1.54, 1.807) is 10.9 Å². The van der Waals surface area contributed by atoms with Crippen LogP contribution in [-0.2, 0) is 11.3 Å². The number of aliphatic hydroxyl groups is 1. The first-order chi connectivity index (χ1) is 12.7. The maximum Gasteiger partial charge on any atom is 0.241 e. The number of aromatic nitrogens is 2. The summed E-state index contributed by atoms with van der Waals surface area (Å²) in [6, 6.07) is 21.6. The van der Waals surface area contributed by atoms with E-state index < -0.39 is 6.10 Å². The van der Waals surface area contributed by atoms with E-state index in [0.717, 1.165) is 27.2 Å². The van der Waals surface area contributed by atoms with Crippen LogP contribution in [0.4, 0.5) is 0 Å². The standard InChI is InChI=1S/C21H19N3O2/c25-20(17-10-9-15-5-1-2-6-16(15)11-17)13-22-21(26)14-24-19-8-4-3-7-18(19)12-23-24/h1-12,20,25H,13-14H2,(H,22,26). The van der Waals surface area contributed by atoms with E-state index in [9.17, 15) is 9.90 Å². The molecule has 3 aromatic carbocycles. The summed E-state index contributed by atoms with van der Waals surface area (Å²) in [4.78, 5) is 12.2. The Balaban J connectivity index is 1.40. The zero-order valence-corrected chi connectivity index (χ0v) is 14.2. The van der Waals surface area contributed by atoms with Crippen molar-refractivity contribution in [1.29, 1.82) is 0 Å². The maximum absolute atomic E-state index is 12.2. The van der Waals surface area contributed by atoms with Crippen molar-refractivity contribution >= 4 is 27.6 Å². The number of rotatable bonds is 5. The third kappa shape index (κ3) is 3.30. The highest BCUT2D eigenvalue weighted by Gasteiger charge is 2.12. The van der Waals surface area contributed by atoms with Crippen molar-refractivity contribution in [3.63, 3.8) is 0 Å². The molecule has 1 unspecified atom stereocenters. The molecule has 26 heavy (non-hydrogen) atoms. The molecule has 1 atom stereocenters. The van der Waals surface area contributed by atoms with Crippen molar-refractivity contribution in [2.24, 2.45) is 0 Å². The highest BCUT2D eigenvalue weighted by Crippen LogP contribution is 2.20. The lowest BCUT2D eigenvalue weighted by Gasteiger charge is -2.13. The minimum Gasteiger partial charge on any atom is -0.387 e. The van der Waals surface area contributed by atoms with Crippen LogP contribution in [0, 0.1) is 0 Å². The summed E-state index contributed by atoms with van der Waals surface area (Å²) in [5.41, 5.74) is 1.70. The van der Waals surface area contributed by atoms with Gasteiger partial charge in [0.25, 0.3) is 0 Å². The van der Waals surface area contributed by atoms with Crippen LogP contribution in [0.15, 0.2) is 72.9 Å². The van der Waals surface area contributed by atoms with E-state index in [4.69, 9.17) is 0 Å². The van der Waals surface area contributed by atoms with Gasteiger partial charge in [-0.25, -0.2) is 0 Å². The van der Waals surface area contributed by atoms with Crippen LogP contribution in [0.3, 0.4) is 0 Å². The second kappa shape index (κ2) is 6.98. The predicted molar refractivity (Wildman–Crippen MR) is 102 cm³/mol. The lowest BCUT2D eigenvalue weighted by Crippen LogP contribution is -2.31. The molecule has 4 aromatic rings. The molecule has 0 saturated carbocycles. The van der Waals surface area contributed by atoms with E-state index in [1.807, 2.05) is 66.7 Å². The molecule has 1 heterocycles. The molecular formula is C21H19N3O2. The molecule has 0 bridgehead atoms. The molecule has 0 saturated heterocycles. The van der Waals surface area contributed by atoms with Crippen molar-refractivity contribution in [3.8, 4) is 0 Å². The highest BCUT2D eigenvalue weighted by atomic mass is 16.3. The normalized spacial score (nSPS) is 12.3. The molecule has 1 amide bonds. The second-order valence-electron chi connectivity index (χ2n) is 6.29. The summed E-state index contributed by atoms with van der Waals surface area (Å²) in [6.45, 7) is 0.286. The summed E-state index contributed by atoms with van der Waals surface area (Å²) in [7, 11) is 0. The molecule has 130 valence electrons.